The Kier molecular flexibility index (Phi) is 4.49. The molecule has 2 heterocycles. The van der Waals surface area contributed by atoms with Crippen LogP contribution in [0.3, 0.4) is 0 Å². The molecule has 1 aromatic rings. The molecule has 5 heteroatoms. The van der Waals surface area contributed by atoms with E-state index in [1.807, 2.05) is 4.90 Å². The quantitative estimate of drug-likeness (QED) is 0.866. The molecule has 4 rings (SSSR count). The van der Waals surface area contributed by atoms with Crippen molar-refractivity contribution in [2.45, 2.75) is 65.0 Å². The lowest BCUT2D eigenvalue weighted by Gasteiger charge is -2.32. The minimum atomic E-state index is -0.357. The summed E-state index contributed by atoms with van der Waals surface area (Å²) in [6.07, 6.45) is 5.78. The highest BCUT2D eigenvalue weighted by Gasteiger charge is 2.45. The topological polar surface area (TPSA) is 52.7 Å². The van der Waals surface area contributed by atoms with Gasteiger partial charge < -0.3 is 10.2 Å². The lowest BCUT2D eigenvalue weighted by molar-refractivity contribution is -0.128. The molecule has 144 valence electrons. The highest BCUT2D eigenvalue weighted by atomic mass is 16.2. The summed E-state index contributed by atoms with van der Waals surface area (Å²) in [5, 5.41) is 3.08. The van der Waals surface area contributed by atoms with Gasteiger partial charge in [-0.25, -0.2) is 4.79 Å². The van der Waals surface area contributed by atoms with Crippen molar-refractivity contribution in [3.8, 4) is 0 Å². The van der Waals surface area contributed by atoms with Gasteiger partial charge >= 0.3 is 6.03 Å². The zero-order valence-corrected chi connectivity index (χ0v) is 16.8. The molecule has 1 unspecified atom stereocenters. The third-order valence-corrected chi connectivity index (χ3v) is 6.60. The van der Waals surface area contributed by atoms with E-state index < -0.39 is 0 Å². The number of carbonyl (C=O) groups excluding carboxylic acids is 2. The van der Waals surface area contributed by atoms with Crippen molar-refractivity contribution in [2.75, 3.05) is 13.6 Å². The Morgan fingerprint density at radius 1 is 0.963 bits per heavy atom. The number of nitrogens with one attached hydrogen (secondary N) is 1. The van der Waals surface area contributed by atoms with Gasteiger partial charge in [0.05, 0.1) is 23.9 Å². The van der Waals surface area contributed by atoms with Crippen molar-refractivity contribution in [2.24, 2.45) is 0 Å². The van der Waals surface area contributed by atoms with Gasteiger partial charge in [0.15, 0.2) is 0 Å². The number of hydrogen-bond donors (Lipinski definition) is 1. The van der Waals surface area contributed by atoms with Gasteiger partial charge in [-0.1, -0.05) is 31.4 Å². The van der Waals surface area contributed by atoms with Crippen LogP contribution < -0.4 is 5.32 Å². The number of nitrogens with zero attached hydrogens (tertiary/aromatic N) is 2. The maximum absolute atomic E-state index is 13.4. The lowest BCUT2D eigenvalue weighted by atomic mass is 9.89. The molecule has 0 bridgehead atoms. The van der Waals surface area contributed by atoms with Crippen LogP contribution in [0, 0.1) is 20.8 Å². The van der Waals surface area contributed by atoms with E-state index in [4.69, 9.17) is 0 Å². The Bertz CT molecular complexity index is 836. The van der Waals surface area contributed by atoms with Crippen LogP contribution in [0.2, 0.25) is 0 Å². The average Bonchev–Trinajstić information content (AvgIpc) is 3.00. The predicted octanol–water partition coefficient (Wildman–Crippen LogP) is 3.74. The first-order valence-corrected chi connectivity index (χ1v) is 10.0. The monoisotopic (exact) mass is 367 g/mol. The van der Waals surface area contributed by atoms with Crippen LogP contribution in [0.15, 0.2) is 23.4 Å². The zero-order chi connectivity index (χ0) is 19.3. The molecule has 3 amide bonds. The molecule has 0 radical (unpaired) electrons. The van der Waals surface area contributed by atoms with Crippen molar-refractivity contribution in [1.82, 2.24) is 15.1 Å². The molecule has 1 atom stereocenters. The third-order valence-electron chi connectivity index (χ3n) is 6.60. The van der Waals surface area contributed by atoms with Crippen molar-refractivity contribution in [3.05, 3.63) is 45.7 Å². The van der Waals surface area contributed by atoms with E-state index in [9.17, 15) is 9.59 Å². The first kappa shape index (κ1) is 18.1. The normalized spacial score (nSPS) is 23.8. The molecule has 1 fully saturated rings. The Balaban J connectivity index is 1.74. The molecule has 1 N–H and O–H groups in total. The van der Waals surface area contributed by atoms with E-state index in [1.54, 1.807) is 11.9 Å². The fraction of sp³-hybridized carbons (Fsp3) is 0.545. The Morgan fingerprint density at radius 3 is 2.33 bits per heavy atom. The van der Waals surface area contributed by atoms with Crippen molar-refractivity contribution in [1.29, 1.82) is 0 Å². The fourth-order valence-electron chi connectivity index (χ4n) is 4.80. The molecule has 1 aliphatic carbocycles. The van der Waals surface area contributed by atoms with E-state index in [0.29, 0.717) is 12.6 Å². The van der Waals surface area contributed by atoms with E-state index in [-0.39, 0.29) is 18.0 Å². The van der Waals surface area contributed by atoms with Crippen LogP contribution in [-0.4, -0.2) is 41.4 Å². The summed E-state index contributed by atoms with van der Waals surface area (Å²) in [4.78, 5) is 29.7. The Labute approximate surface area is 161 Å². The summed E-state index contributed by atoms with van der Waals surface area (Å²) < 4.78 is 0. The van der Waals surface area contributed by atoms with Gasteiger partial charge in [0.1, 0.15) is 0 Å². The van der Waals surface area contributed by atoms with Gasteiger partial charge in [0.2, 0.25) is 0 Å². The highest BCUT2D eigenvalue weighted by Crippen LogP contribution is 2.39. The largest absolute Gasteiger partial charge is 0.330 e. The van der Waals surface area contributed by atoms with Gasteiger partial charge in [-0.05, 0) is 55.9 Å². The second kappa shape index (κ2) is 6.70. The smallest absolute Gasteiger partial charge is 0.322 e. The van der Waals surface area contributed by atoms with E-state index in [1.165, 1.54) is 30.4 Å². The van der Waals surface area contributed by atoms with Gasteiger partial charge in [-0.3, -0.25) is 9.69 Å². The minimum absolute atomic E-state index is 0.103. The minimum Gasteiger partial charge on any atom is -0.330 e. The number of aryl methyl sites for hydroxylation is 3. The maximum Gasteiger partial charge on any atom is 0.322 e. The second-order valence-corrected chi connectivity index (χ2v) is 8.32. The van der Waals surface area contributed by atoms with Gasteiger partial charge in [-0.2, -0.15) is 0 Å². The molecular weight excluding hydrogens is 338 g/mol. The number of hydrogen-bond acceptors (Lipinski definition) is 2. The summed E-state index contributed by atoms with van der Waals surface area (Å²) >= 11 is 0. The van der Waals surface area contributed by atoms with E-state index >= 15 is 0 Å². The lowest BCUT2D eigenvalue weighted by Crippen LogP contribution is -2.45. The summed E-state index contributed by atoms with van der Waals surface area (Å²) in [5.41, 5.74) is 6.19. The van der Waals surface area contributed by atoms with Gasteiger partial charge in [-0.15, -0.1) is 0 Å². The standard InChI is InChI=1S/C22H29N3O2/c1-13-10-15(3)17(11-14(13)2)20-19-18(24(4)22(27)23-20)12-25(21(19)26)16-8-6-5-7-9-16/h10-11,16,20H,5-9,12H2,1-4H3,(H,23,27). The number of rotatable bonds is 2. The number of amides is 3. The van der Waals surface area contributed by atoms with E-state index in [2.05, 4.69) is 38.2 Å². The molecule has 1 aromatic carbocycles. The number of urea groups is 1. The van der Waals surface area contributed by atoms with Gasteiger partial charge in [0, 0.05) is 13.1 Å². The molecule has 0 aromatic heterocycles. The molecule has 1 saturated carbocycles. The Hall–Kier alpha value is -2.30. The summed E-state index contributed by atoms with van der Waals surface area (Å²) in [6.45, 7) is 6.79. The van der Waals surface area contributed by atoms with E-state index in [0.717, 1.165) is 35.2 Å². The van der Waals surface area contributed by atoms with Crippen molar-refractivity contribution < 1.29 is 9.59 Å². The average molecular weight is 367 g/mol. The maximum atomic E-state index is 13.4. The molecular formula is C22H29N3O2. The van der Waals surface area contributed by atoms with Crippen LogP contribution in [-0.2, 0) is 4.79 Å². The highest BCUT2D eigenvalue weighted by molar-refractivity contribution is 6.01. The SMILES string of the molecule is Cc1cc(C)c(C2NC(=O)N(C)C3=C2C(=O)N(C2CCCCC2)C3)cc1C. The molecule has 0 spiro atoms. The molecule has 0 saturated heterocycles. The van der Waals surface area contributed by atoms with Gasteiger partial charge in [0.25, 0.3) is 5.91 Å². The third kappa shape index (κ3) is 2.93. The van der Waals surface area contributed by atoms with Crippen LogP contribution in [0.5, 0.6) is 0 Å². The van der Waals surface area contributed by atoms with Crippen molar-refractivity contribution >= 4 is 11.9 Å². The number of benzene rings is 1. The van der Waals surface area contributed by atoms with Crippen molar-refractivity contribution in [3.63, 3.8) is 0 Å². The van der Waals surface area contributed by atoms with Crippen LogP contribution in [0.25, 0.3) is 0 Å². The number of likely N-dealkylation sites (N-methyl/N-ethyl adjacent to an activating group) is 1. The zero-order valence-electron chi connectivity index (χ0n) is 16.8. The molecule has 3 aliphatic rings. The van der Waals surface area contributed by atoms with Crippen LogP contribution >= 0.6 is 0 Å². The van der Waals surface area contributed by atoms with Crippen LogP contribution in [0.1, 0.15) is 60.4 Å². The van der Waals surface area contributed by atoms with Crippen LogP contribution in [0.4, 0.5) is 4.79 Å². The first-order chi connectivity index (χ1) is 12.9. The molecule has 2 aliphatic heterocycles. The summed E-state index contributed by atoms with van der Waals surface area (Å²) in [6, 6.07) is 4.09. The Morgan fingerprint density at radius 2 is 1.63 bits per heavy atom. The summed E-state index contributed by atoms with van der Waals surface area (Å²) in [7, 11) is 1.77. The first-order valence-electron chi connectivity index (χ1n) is 10.0. The molecule has 5 nitrogen and oxygen atoms in total. The number of carbonyl (C=O) groups is 2. The summed E-state index contributed by atoms with van der Waals surface area (Å²) in [5.74, 6) is 0.103. The fourth-order valence-corrected chi connectivity index (χ4v) is 4.80. The second-order valence-electron chi connectivity index (χ2n) is 8.32. The molecule has 27 heavy (non-hydrogen) atoms. The predicted molar refractivity (Wildman–Crippen MR) is 105 cm³/mol.